The van der Waals surface area contributed by atoms with Crippen molar-refractivity contribution in [3.63, 3.8) is 0 Å². The Hall–Kier alpha value is -1.31. The fraction of sp³-hybridized carbons (Fsp3) is 0.538. The number of nitrogen functional groups attached to an aromatic ring is 1. The van der Waals surface area contributed by atoms with Crippen LogP contribution in [0.25, 0.3) is 0 Å². The van der Waals surface area contributed by atoms with Crippen LogP contribution in [0, 0.1) is 5.92 Å². The quantitative estimate of drug-likeness (QED) is 0.660. The van der Waals surface area contributed by atoms with E-state index in [9.17, 15) is 8.42 Å². The van der Waals surface area contributed by atoms with Crippen LogP contribution in [0.1, 0.15) is 20.8 Å². The molecule has 0 radical (unpaired) electrons. The van der Waals surface area contributed by atoms with Crippen molar-refractivity contribution in [1.29, 1.82) is 0 Å². The number of anilines is 2. The van der Waals surface area contributed by atoms with E-state index < -0.39 is 10.0 Å². The van der Waals surface area contributed by atoms with E-state index in [2.05, 4.69) is 19.2 Å². The van der Waals surface area contributed by atoms with Gasteiger partial charge in [-0.1, -0.05) is 19.9 Å². The molecule has 1 unspecified atom stereocenters. The highest BCUT2D eigenvalue weighted by atomic mass is 32.2. The number of ether oxygens (including phenoxy) is 1. The molecule has 0 aromatic heterocycles. The van der Waals surface area contributed by atoms with Crippen LogP contribution in [0.5, 0.6) is 0 Å². The van der Waals surface area contributed by atoms with E-state index in [4.69, 9.17) is 15.6 Å². The minimum atomic E-state index is -3.83. The topological polar surface area (TPSA) is 107 Å². The maximum absolute atomic E-state index is 11.4. The van der Waals surface area contributed by atoms with Crippen molar-refractivity contribution in [3.05, 3.63) is 18.2 Å². The summed E-state index contributed by atoms with van der Waals surface area (Å²) in [5, 5.41) is 8.36. The lowest BCUT2D eigenvalue weighted by molar-refractivity contribution is 0.127. The highest BCUT2D eigenvalue weighted by Gasteiger charge is 2.18. The molecule has 0 saturated heterocycles. The van der Waals surface area contributed by atoms with E-state index in [1.54, 1.807) is 12.1 Å². The summed E-state index contributed by atoms with van der Waals surface area (Å²) in [6.45, 7) is 7.17. The number of nitrogens with one attached hydrogen (secondary N) is 1. The molecule has 0 spiro atoms. The lowest BCUT2D eigenvalue weighted by Gasteiger charge is -2.24. The van der Waals surface area contributed by atoms with Gasteiger partial charge < -0.3 is 15.8 Å². The zero-order valence-electron chi connectivity index (χ0n) is 12.1. The third-order valence-electron chi connectivity index (χ3n) is 3.02. The summed E-state index contributed by atoms with van der Waals surface area (Å²) in [6, 6.07) is 4.76. The average Bonchev–Trinajstić information content (AvgIpc) is 2.34. The molecule has 1 atom stereocenters. The van der Waals surface area contributed by atoms with Crippen molar-refractivity contribution in [3.8, 4) is 0 Å². The van der Waals surface area contributed by atoms with Crippen LogP contribution in [0.15, 0.2) is 23.1 Å². The highest BCUT2D eigenvalue weighted by molar-refractivity contribution is 7.89. The summed E-state index contributed by atoms with van der Waals surface area (Å²) in [4.78, 5) is -0.0681. The molecule has 6 nitrogen and oxygen atoms in total. The van der Waals surface area contributed by atoms with Crippen LogP contribution >= 0.6 is 0 Å². The van der Waals surface area contributed by atoms with Crippen LogP contribution in [0.3, 0.4) is 0 Å². The first-order valence-corrected chi connectivity index (χ1v) is 8.07. The van der Waals surface area contributed by atoms with Gasteiger partial charge in [-0.2, -0.15) is 0 Å². The number of para-hydroxylation sites is 1. The Balaban J connectivity index is 3.02. The van der Waals surface area contributed by atoms with E-state index in [1.807, 2.05) is 6.92 Å². The maximum atomic E-state index is 11.4. The molecular formula is C13H23N3O3S. The van der Waals surface area contributed by atoms with Gasteiger partial charge in [0.1, 0.15) is 4.90 Å². The second kappa shape index (κ2) is 6.92. The van der Waals surface area contributed by atoms with E-state index >= 15 is 0 Å². The summed E-state index contributed by atoms with van der Waals surface area (Å²) < 4.78 is 28.3. The van der Waals surface area contributed by atoms with Gasteiger partial charge >= 0.3 is 0 Å². The summed E-state index contributed by atoms with van der Waals surface area (Å²) in [5.74, 6) is 0.305. The second-order valence-corrected chi connectivity index (χ2v) is 6.45. The fourth-order valence-corrected chi connectivity index (χ4v) is 2.45. The van der Waals surface area contributed by atoms with Crippen LogP contribution < -0.4 is 16.2 Å². The molecule has 0 aliphatic rings. The molecule has 0 aliphatic carbocycles. The Labute approximate surface area is 120 Å². The van der Waals surface area contributed by atoms with Gasteiger partial charge in [-0.15, -0.1) is 0 Å². The van der Waals surface area contributed by atoms with Gasteiger partial charge in [0.05, 0.1) is 24.0 Å². The Bertz CT molecular complexity index is 544. The molecule has 1 aromatic rings. The summed E-state index contributed by atoms with van der Waals surface area (Å²) in [5.41, 5.74) is 6.57. The number of primary sulfonamides is 1. The van der Waals surface area contributed by atoms with Crippen molar-refractivity contribution in [2.75, 3.05) is 24.3 Å². The number of sulfonamides is 1. The van der Waals surface area contributed by atoms with E-state index in [-0.39, 0.29) is 16.6 Å². The largest absolute Gasteiger partial charge is 0.396 e. The Morgan fingerprint density at radius 2 is 2.00 bits per heavy atom. The zero-order chi connectivity index (χ0) is 15.3. The third-order valence-corrected chi connectivity index (χ3v) is 3.99. The Kier molecular flexibility index (Phi) is 5.79. The molecule has 0 bridgehead atoms. The van der Waals surface area contributed by atoms with E-state index in [1.165, 1.54) is 6.07 Å². The minimum absolute atomic E-state index is 0.0352. The van der Waals surface area contributed by atoms with Gasteiger partial charge in [-0.3, -0.25) is 0 Å². The lowest BCUT2D eigenvalue weighted by Crippen LogP contribution is -2.31. The van der Waals surface area contributed by atoms with E-state index in [0.29, 0.717) is 24.8 Å². The zero-order valence-corrected chi connectivity index (χ0v) is 12.9. The molecule has 7 heteroatoms. The Morgan fingerprint density at radius 3 is 2.50 bits per heavy atom. The molecule has 0 saturated carbocycles. The van der Waals surface area contributed by atoms with Gasteiger partial charge in [0.25, 0.3) is 0 Å². The highest BCUT2D eigenvalue weighted by Crippen LogP contribution is 2.27. The summed E-state index contributed by atoms with van der Waals surface area (Å²) in [7, 11) is -3.83. The monoisotopic (exact) mass is 301 g/mol. The minimum Gasteiger partial charge on any atom is -0.396 e. The number of rotatable bonds is 7. The lowest BCUT2D eigenvalue weighted by atomic mass is 10.0. The molecule has 5 N–H and O–H groups in total. The Morgan fingerprint density at radius 1 is 1.35 bits per heavy atom. The second-order valence-electron chi connectivity index (χ2n) is 4.92. The van der Waals surface area contributed by atoms with Gasteiger partial charge in [0.2, 0.25) is 10.0 Å². The van der Waals surface area contributed by atoms with Gasteiger partial charge in [0.15, 0.2) is 0 Å². The van der Waals surface area contributed by atoms with Crippen LogP contribution in [-0.4, -0.2) is 27.7 Å². The van der Waals surface area contributed by atoms with Crippen molar-refractivity contribution < 1.29 is 13.2 Å². The van der Waals surface area contributed by atoms with Crippen molar-refractivity contribution in [2.45, 2.75) is 31.7 Å². The number of hydrogen-bond donors (Lipinski definition) is 3. The molecule has 0 amide bonds. The van der Waals surface area contributed by atoms with Crippen LogP contribution in [0.4, 0.5) is 11.4 Å². The maximum Gasteiger partial charge on any atom is 0.240 e. The first kappa shape index (κ1) is 16.7. The first-order chi connectivity index (χ1) is 9.27. The van der Waals surface area contributed by atoms with Crippen LogP contribution in [0.2, 0.25) is 0 Å². The number of nitrogens with two attached hydrogens (primary N) is 2. The average molecular weight is 301 g/mol. The smallest absolute Gasteiger partial charge is 0.240 e. The summed E-state index contributed by atoms with van der Waals surface area (Å²) in [6.07, 6.45) is 0. The summed E-state index contributed by atoms with van der Waals surface area (Å²) >= 11 is 0. The molecule has 0 fully saturated rings. The standard InChI is InChI=1S/C13H23N3O3S/c1-4-19-8-11(9(2)3)16-10-6-5-7-12(13(10)14)20(15,17)18/h5-7,9,11,16H,4,8,14H2,1-3H3,(H2,15,17,18). The number of benzene rings is 1. The predicted octanol–water partition coefficient (Wildman–Crippen LogP) is 1.39. The molecule has 1 rings (SSSR count). The molecule has 20 heavy (non-hydrogen) atoms. The molecule has 114 valence electrons. The normalized spacial score (nSPS) is 13.4. The van der Waals surface area contributed by atoms with Crippen LogP contribution in [-0.2, 0) is 14.8 Å². The molecular weight excluding hydrogens is 278 g/mol. The predicted molar refractivity (Wildman–Crippen MR) is 81.0 cm³/mol. The van der Waals surface area contributed by atoms with Gasteiger partial charge in [0, 0.05) is 6.61 Å². The molecule has 1 aromatic carbocycles. The van der Waals surface area contributed by atoms with Gasteiger partial charge in [-0.25, -0.2) is 13.6 Å². The van der Waals surface area contributed by atoms with E-state index in [0.717, 1.165) is 0 Å². The first-order valence-electron chi connectivity index (χ1n) is 6.53. The number of hydrogen-bond acceptors (Lipinski definition) is 5. The van der Waals surface area contributed by atoms with Gasteiger partial charge in [-0.05, 0) is 25.0 Å². The SMILES string of the molecule is CCOCC(Nc1cccc(S(N)(=O)=O)c1N)C(C)C. The van der Waals surface area contributed by atoms with Crippen molar-refractivity contribution in [2.24, 2.45) is 11.1 Å². The van der Waals surface area contributed by atoms with Crippen molar-refractivity contribution >= 4 is 21.4 Å². The van der Waals surface area contributed by atoms with Crippen molar-refractivity contribution in [1.82, 2.24) is 0 Å². The third kappa shape index (κ3) is 4.36. The fourth-order valence-electron chi connectivity index (χ4n) is 1.76. The molecule has 0 aliphatic heterocycles. The molecule has 0 heterocycles.